The molecule has 1 saturated heterocycles. The standard InChI is InChI=1S/C20H28F3N5O3/c1-19(2,3)26-18(31)25-17(30)13-28-10-8-27(9-11-28)12-16(29)24-15-7-5-4-6-14(15)20(21,22)23/h4-7H,8-13H2,1-3H3,(H,24,29)(H2,25,26,30,31). The van der Waals surface area contributed by atoms with Crippen LogP contribution in [0, 0.1) is 0 Å². The predicted molar refractivity (Wildman–Crippen MR) is 109 cm³/mol. The lowest BCUT2D eigenvalue weighted by molar-refractivity contribution is -0.137. The van der Waals surface area contributed by atoms with Gasteiger partial charge in [-0.15, -0.1) is 0 Å². The summed E-state index contributed by atoms with van der Waals surface area (Å²) in [5, 5.41) is 7.23. The number of halogens is 3. The fourth-order valence-electron chi connectivity index (χ4n) is 3.08. The SMILES string of the molecule is CC(C)(C)NC(=O)NC(=O)CN1CCN(CC(=O)Nc2ccccc2C(F)(F)F)CC1. The quantitative estimate of drug-likeness (QED) is 0.646. The number of anilines is 1. The van der Waals surface area contributed by atoms with Crippen LogP contribution in [0.25, 0.3) is 0 Å². The van der Waals surface area contributed by atoms with Crippen LogP contribution in [0.4, 0.5) is 23.7 Å². The van der Waals surface area contributed by atoms with Gasteiger partial charge in [0.25, 0.3) is 0 Å². The maximum Gasteiger partial charge on any atom is 0.418 e. The van der Waals surface area contributed by atoms with Gasteiger partial charge in [0.2, 0.25) is 11.8 Å². The molecule has 1 aliphatic rings. The van der Waals surface area contributed by atoms with Crippen LogP contribution in [-0.2, 0) is 15.8 Å². The van der Waals surface area contributed by atoms with Crippen molar-refractivity contribution in [2.75, 3.05) is 44.6 Å². The summed E-state index contributed by atoms with van der Waals surface area (Å²) in [6, 6.07) is 4.26. The number of alkyl halides is 3. The Hall–Kier alpha value is -2.66. The van der Waals surface area contributed by atoms with Crippen molar-refractivity contribution in [3.63, 3.8) is 0 Å². The molecule has 11 heteroatoms. The van der Waals surface area contributed by atoms with Crippen LogP contribution in [0.3, 0.4) is 0 Å². The van der Waals surface area contributed by atoms with E-state index in [9.17, 15) is 27.6 Å². The van der Waals surface area contributed by atoms with E-state index in [4.69, 9.17) is 0 Å². The third kappa shape index (κ3) is 8.54. The minimum atomic E-state index is -4.56. The average Bonchev–Trinajstić information content (AvgIpc) is 2.61. The number of urea groups is 1. The summed E-state index contributed by atoms with van der Waals surface area (Å²) in [5.74, 6) is -0.974. The molecule has 1 aromatic carbocycles. The van der Waals surface area contributed by atoms with Gasteiger partial charge in [0.15, 0.2) is 0 Å². The topological polar surface area (TPSA) is 93.8 Å². The first-order valence-corrected chi connectivity index (χ1v) is 9.86. The first-order chi connectivity index (χ1) is 14.3. The van der Waals surface area contributed by atoms with Gasteiger partial charge in [-0.3, -0.25) is 24.7 Å². The highest BCUT2D eigenvalue weighted by Gasteiger charge is 2.33. The van der Waals surface area contributed by atoms with Crippen LogP contribution in [-0.4, -0.2) is 72.5 Å². The third-order valence-corrected chi connectivity index (χ3v) is 4.45. The second-order valence-corrected chi connectivity index (χ2v) is 8.40. The highest BCUT2D eigenvalue weighted by Crippen LogP contribution is 2.34. The minimum Gasteiger partial charge on any atom is -0.333 e. The number of amides is 4. The highest BCUT2D eigenvalue weighted by atomic mass is 19.4. The van der Waals surface area contributed by atoms with E-state index in [-0.39, 0.29) is 18.8 Å². The van der Waals surface area contributed by atoms with Crippen LogP contribution >= 0.6 is 0 Å². The molecular weight excluding hydrogens is 415 g/mol. The van der Waals surface area contributed by atoms with E-state index in [2.05, 4.69) is 16.0 Å². The number of hydrogen-bond acceptors (Lipinski definition) is 5. The summed E-state index contributed by atoms with van der Waals surface area (Å²) < 4.78 is 39.1. The molecule has 31 heavy (non-hydrogen) atoms. The van der Waals surface area contributed by atoms with Crippen LogP contribution in [0.1, 0.15) is 26.3 Å². The van der Waals surface area contributed by atoms with Crippen LogP contribution in [0.15, 0.2) is 24.3 Å². The molecule has 0 radical (unpaired) electrons. The van der Waals surface area contributed by atoms with Gasteiger partial charge in [0.05, 0.1) is 24.3 Å². The largest absolute Gasteiger partial charge is 0.418 e. The van der Waals surface area contributed by atoms with E-state index in [1.165, 1.54) is 18.2 Å². The van der Waals surface area contributed by atoms with Gasteiger partial charge >= 0.3 is 12.2 Å². The first kappa shape index (κ1) is 24.6. The molecule has 0 saturated carbocycles. The van der Waals surface area contributed by atoms with Crippen molar-refractivity contribution in [2.45, 2.75) is 32.5 Å². The molecule has 3 N–H and O–H groups in total. The number of imide groups is 1. The van der Waals surface area contributed by atoms with E-state index < -0.39 is 35.1 Å². The summed E-state index contributed by atoms with van der Waals surface area (Å²) in [7, 11) is 0. The second-order valence-electron chi connectivity index (χ2n) is 8.40. The Kier molecular flexibility index (Phi) is 8.02. The maximum absolute atomic E-state index is 13.0. The van der Waals surface area contributed by atoms with Crippen molar-refractivity contribution in [3.05, 3.63) is 29.8 Å². The molecule has 1 heterocycles. The molecule has 0 bridgehead atoms. The molecular formula is C20H28F3N5O3. The zero-order valence-electron chi connectivity index (χ0n) is 17.8. The van der Waals surface area contributed by atoms with E-state index in [0.717, 1.165) is 6.07 Å². The Morgan fingerprint density at radius 2 is 1.42 bits per heavy atom. The lowest BCUT2D eigenvalue weighted by atomic mass is 10.1. The van der Waals surface area contributed by atoms with Gasteiger partial charge in [0, 0.05) is 31.7 Å². The maximum atomic E-state index is 13.0. The molecule has 8 nitrogen and oxygen atoms in total. The normalized spacial score (nSPS) is 15.9. The Morgan fingerprint density at radius 3 is 1.94 bits per heavy atom. The van der Waals surface area contributed by atoms with Gasteiger partial charge in [-0.1, -0.05) is 12.1 Å². The number of rotatable bonds is 5. The van der Waals surface area contributed by atoms with Crippen LogP contribution in [0.2, 0.25) is 0 Å². The molecule has 0 unspecified atom stereocenters. The molecule has 1 fully saturated rings. The number of carbonyl (C=O) groups is 3. The van der Waals surface area contributed by atoms with Crippen molar-refractivity contribution in [3.8, 4) is 0 Å². The van der Waals surface area contributed by atoms with Gasteiger partial charge in [0.1, 0.15) is 0 Å². The van der Waals surface area contributed by atoms with Gasteiger partial charge in [-0.2, -0.15) is 13.2 Å². The summed E-state index contributed by atoms with van der Waals surface area (Å²) in [4.78, 5) is 39.6. The smallest absolute Gasteiger partial charge is 0.333 e. The second kappa shape index (κ2) is 10.1. The van der Waals surface area contributed by atoms with Gasteiger partial charge in [-0.05, 0) is 32.9 Å². The molecule has 0 spiro atoms. The fourth-order valence-corrected chi connectivity index (χ4v) is 3.08. The molecule has 1 aliphatic heterocycles. The van der Waals surface area contributed by atoms with Crippen molar-refractivity contribution in [1.29, 1.82) is 0 Å². The Bertz CT molecular complexity index is 800. The lowest BCUT2D eigenvalue weighted by Gasteiger charge is -2.33. The first-order valence-electron chi connectivity index (χ1n) is 9.86. The highest BCUT2D eigenvalue weighted by molar-refractivity contribution is 5.95. The molecule has 0 aliphatic carbocycles. The zero-order valence-corrected chi connectivity index (χ0v) is 17.8. The van der Waals surface area contributed by atoms with Gasteiger partial charge < -0.3 is 10.6 Å². The summed E-state index contributed by atoms with van der Waals surface area (Å²) in [6.45, 7) is 7.29. The number of nitrogens with zero attached hydrogens (tertiary/aromatic N) is 2. The number of carbonyl (C=O) groups excluding carboxylic acids is 3. The van der Waals surface area contributed by atoms with E-state index >= 15 is 0 Å². The number of nitrogens with one attached hydrogen (secondary N) is 3. The number of hydrogen-bond donors (Lipinski definition) is 3. The molecule has 172 valence electrons. The molecule has 1 aromatic rings. The van der Waals surface area contributed by atoms with E-state index in [0.29, 0.717) is 26.2 Å². The van der Waals surface area contributed by atoms with Crippen molar-refractivity contribution in [2.24, 2.45) is 0 Å². The monoisotopic (exact) mass is 443 g/mol. The number of benzene rings is 1. The Morgan fingerprint density at radius 1 is 0.903 bits per heavy atom. The molecule has 4 amide bonds. The van der Waals surface area contributed by atoms with Crippen LogP contribution < -0.4 is 16.0 Å². The van der Waals surface area contributed by atoms with Crippen molar-refractivity contribution >= 4 is 23.5 Å². The van der Waals surface area contributed by atoms with E-state index in [1.807, 2.05) is 4.90 Å². The molecule has 2 rings (SSSR count). The molecule has 0 atom stereocenters. The fraction of sp³-hybridized carbons (Fsp3) is 0.550. The minimum absolute atomic E-state index is 0.0383. The predicted octanol–water partition coefficient (Wildman–Crippen LogP) is 1.89. The van der Waals surface area contributed by atoms with E-state index in [1.54, 1.807) is 25.7 Å². The Balaban J connectivity index is 1.77. The zero-order chi connectivity index (χ0) is 23.2. The summed E-state index contributed by atoms with van der Waals surface area (Å²) >= 11 is 0. The molecule has 0 aromatic heterocycles. The summed E-state index contributed by atoms with van der Waals surface area (Å²) in [5.41, 5.74) is -1.63. The van der Waals surface area contributed by atoms with Gasteiger partial charge in [-0.25, -0.2) is 4.79 Å². The number of piperazine rings is 1. The van der Waals surface area contributed by atoms with Crippen molar-refractivity contribution < 1.29 is 27.6 Å². The lowest BCUT2D eigenvalue weighted by Crippen LogP contribution is -2.53. The number of para-hydroxylation sites is 1. The van der Waals surface area contributed by atoms with Crippen molar-refractivity contribution in [1.82, 2.24) is 20.4 Å². The Labute approximate surface area is 179 Å². The van der Waals surface area contributed by atoms with Crippen LogP contribution in [0.5, 0.6) is 0 Å². The summed E-state index contributed by atoms with van der Waals surface area (Å²) in [6.07, 6.45) is -4.56. The average molecular weight is 443 g/mol. The third-order valence-electron chi connectivity index (χ3n) is 4.45.